The summed E-state index contributed by atoms with van der Waals surface area (Å²) in [7, 11) is 0. The van der Waals surface area contributed by atoms with Crippen LogP contribution in [0.2, 0.25) is 0 Å². The molecule has 0 aromatic heterocycles. The summed E-state index contributed by atoms with van der Waals surface area (Å²) >= 11 is 0. The molecule has 21 heavy (non-hydrogen) atoms. The number of hydrogen-bond donors (Lipinski definition) is 0. The van der Waals surface area contributed by atoms with Crippen molar-refractivity contribution in [3.05, 3.63) is 52.8 Å². The molecule has 0 fully saturated rings. The van der Waals surface area contributed by atoms with Crippen LogP contribution in [-0.2, 0) is 6.42 Å². The molecule has 1 aliphatic rings. The molecular weight excluding hydrogens is 256 g/mol. The second-order valence-corrected chi connectivity index (χ2v) is 6.54. The first-order valence-corrected chi connectivity index (χ1v) is 8.24. The lowest BCUT2D eigenvalue weighted by Gasteiger charge is -2.19. The molecule has 1 aromatic carbocycles. The van der Waals surface area contributed by atoms with E-state index in [9.17, 15) is 0 Å². The third-order valence-electron chi connectivity index (χ3n) is 3.83. The Labute approximate surface area is 129 Å². The zero-order valence-corrected chi connectivity index (χ0v) is 13.9. The van der Waals surface area contributed by atoms with E-state index in [4.69, 9.17) is 4.74 Å². The average molecular weight is 284 g/mol. The molecule has 0 radical (unpaired) electrons. The van der Waals surface area contributed by atoms with E-state index in [1.165, 1.54) is 28.9 Å². The maximum absolute atomic E-state index is 6.23. The standard InChI is InChI=1S/C20H28O/c1-5-7-18-13-16(4)10-11-20(18)21-19-9-6-8-17(14-19)12-15(2)3/h6,8-9,13-15H,5,7,10-12H2,1-4H3. The van der Waals surface area contributed by atoms with Crippen molar-refractivity contribution in [3.63, 3.8) is 0 Å². The molecule has 0 unspecified atom stereocenters. The highest BCUT2D eigenvalue weighted by Gasteiger charge is 2.13. The normalized spacial score (nSPS) is 15.4. The highest BCUT2D eigenvalue weighted by molar-refractivity contribution is 5.35. The van der Waals surface area contributed by atoms with Gasteiger partial charge in [0.2, 0.25) is 0 Å². The zero-order chi connectivity index (χ0) is 15.2. The fourth-order valence-electron chi connectivity index (χ4n) is 2.87. The lowest BCUT2D eigenvalue weighted by atomic mass is 9.96. The smallest absolute Gasteiger partial charge is 0.127 e. The number of allylic oxidation sites excluding steroid dienone is 4. The number of benzene rings is 1. The van der Waals surface area contributed by atoms with Gasteiger partial charge < -0.3 is 4.74 Å². The van der Waals surface area contributed by atoms with Gasteiger partial charge in [-0.1, -0.05) is 51.0 Å². The maximum Gasteiger partial charge on any atom is 0.127 e. The van der Waals surface area contributed by atoms with Gasteiger partial charge in [-0.05, 0) is 55.4 Å². The molecule has 0 N–H and O–H groups in total. The summed E-state index contributed by atoms with van der Waals surface area (Å²) in [5, 5.41) is 0. The van der Waals surface area contributed by atoms with Crippen LogP contribution >= 0.6 is 0 Å². The van der Waals surface area contributed by atoms with Crippen LogP contribution in [0.15, 0.2) is 47.2 Å². The van der Waals surface area contributed by atoms with Crippen LogP contribution in [0.4, 0.5) is 0 Å². The predicted octanol–water partition coefficient (Wildman–Crippen LogP) is 6.06. The van der Waals surface area contributed by atoms with Crippen molar-refractivity contribution in [3.8, 4) is 5.75 Å². The van der Waals surface area contributed by atoms with E-state index < -0.39 is 0 Å². The van der Waals surface area contributed by atoms with Crippen molar-refractivity contribution < 1.29 is 4.74 Å². The van der Waals surface area contributed by atoms with Gasteiger partial charge in [-0.2, -0.15) is 0 Å². The van der Waals surface area contributed by atoms with Crippen LogP contribution in [0.5, 0.6) is 5.75 Å². The SMILES string of the molecule is CCCC1=C(Oc2cccc(CC(C)C)c2)CCC(C)=C1. The summed E-state index contributed by atoms with van der Waals surface area (Å²) in [6, 6.07) is 8.57. The first-order valence-electron chi connectivity index (χ1n) is 8.24. The van der Waals surface area contributed by atoms with Gasteiger partial charge in [0.15, 0.2) is 0 Å². The van der Waals surface area contributed by atoms with Gasteiger partial charge in [0.1, 0.15) is 11.5 Å². The van der Waals surface area contributed by atoms with E-state index in [2.05, 4.69) is 58.0 Å². The molecule has 1 aromatic rings. The first kappa shape index (κ1) is 15.9. The Morgan fingerprint density at radius 3 is 2.71 bits per heavy atom. The highest BCUT2D eigenvalue weighted by Crippen LogP contribution is 2.29. The Bertz CT molecular complexity index is 535. The molecule has 1 aliphatic carbocycles. The van der Waals surface area contributed by atoms with Gasteiger partial charge in [0, 0.05) is 6.42 Å². The summed E-state index contributed by atoms with van der Waals surface area (Å²) in [6.45, 7) is 8.95. The molecule has 0 aliphatic heterocycles. The number of rotatable bonds is 6. The fraction of sp³-hybridized carbons (Fsp3) is 0.500. The Morgan fingerprint density at radius 2 is 2.00 bits per heavy atom. The summed E-state index contributed by atoms with van der Waals surface area (Å²) in [5.74, 6) is 2.84. The number of hydrogen-bond acceptors (Lipinski definition) is 1. The fourth-order valence-corrected chi connectivity index (χ4v) is 2.87. The summed E-state index contributed by atoms with van der Waals surface area (Å²) in [6.07, 6.45) is 7.86. The molecule has 114 valence electrons. The topological polar surface area (TPSA) is 9.23 Å². The van der Waals surface area contributed by atoms with Gasteiger partial charge in [0.25, 0.3) is 0 Å². The molecule has 0 saturated carbocycles. The van der Waals surface area contributed by atoms with Crippen LogP contribution in [0, 0.1) is 5.92 Å². The van der Waals surface area contributed by atoms with Crippen LogP contribution in [0.3, 0.4) is 0 Å². The van der Waals surface area contributed by atoms with Crippen molar-refractivity contribution in [2.45, 2.75) is 59.8 Å². The van der Waals surface area contributed by atoms with Crippen molar-refractivity contribution >= 4 is 0 Å². The Balaban J connectivity index is 2.17. The Morgan fingerprint density at radius 1 is 1.19 bits per heavy atom. The van der Waals surface area contributed by atoms with Crippen molar-refractivity contribution in [1.82, 2.24) is 0 Å². The summed E-state index contributed by atoms with van der Waals surface area (Å²) < 4.78 is 6.23. The highest BCUT2D eigenvalue weighted by atomic mass is 16.5. The molecule has 2 rings (SSSR count). The minimum atomic E-state index is 0.676. The molecule has 0 spiro atoms. The molecular formula is C20H28O. The van der Waals surface area contributed by atoms with Gasteiger partial charge in [0.05, 0.1) is 0 Å². The summed E-state index contributed by atoms with van der Waals surface area (Å²) in [5.41, 5.74) is 4.22. The van der Waals surface area contributed by atoms with E-state index in [-0.39, 0.29) is 0 Å². The Kier molecular flexibility index (Phi) is 5.67. The minimum Gasteiger partial charge on any atom is -0.461 e. The second kappa shape index (κ2) is 7.49. The molecule has 0 saturated heterocycles. The Hall–Kier alpha value is -1.50. The van der Waals surface area contributed by atoms with Crippen molar-refractivity contribution in [1.29, 1.82) is 0 Å². The van der Waals surface area contributed by atoms with Crippen LogP contribution in [0.1, 0.15) is 58.9 Å². The van der Waals surface area contributed by atoms with Gasteiger partial charge in [-0.3, -0.25) is 0 Å². The molecule has 1 heteroatoms. The van der Waals surface area contributed by atoms with Crippen LogP contribution in [0.25, 0.3) is 0 Å². The third-order valence-corrected chi connectivity index (χ3v) is 3.83. The van der Waals surface area contributed by atoms with Gasteiger partial charge in [-0.25, -0.2) is 0 Å². The second-order valence-electron chi connectivity index (χ2n) is 6.54. The van der Waals surface area contributed by atoms with E-state index in [0.29, 0.717) is 5.92 Å². The van der Waals surface area contributed by atoms with E-state index in [1.54, 1.807) is 0 Å². The molecule has 0 heterocycles. The van der Waals surface area contributed by atoms with E-state index in [0.717, 1.165) is 31.4 Å². The predicted molar refractivity (Wildman–Crippen MR) is 90.5 cm³/mol. The van der Waals surface area contributed by atoms with E-state index >= 15 is 0 Å². The molecule has 1 nitrogen and oxygen atoms in total. The average Bonchev–Trinajstić information content (AvgIpc) is 2.42. The van der Waals surface area contributed by atoms with Crippen molar-refractivity contribution in [2.24, 2.45) is 5.92 Å². The minimum absolute atomic E-state index is 0.676. The van der Waals surface area contributed by atoms with Gasteiger partial charge in [-0.15, -0.1) is 0 Å². The van der Waals surface area contributed by atoms with E-state index in [1.807, 2.05) is 0 Å². The zero-order valence-electron chi connectivity index (χ0n) is 13.9. The quantitative estimate of drug-likeness (QED) is 0.617. The lowest BCUT2D eigenvalue weighted by molar-refractivity contribution is 0.392. The molecule has 0 bridgehead atoms. The largest absolute Gasteiger partial charge is 0.461 e. The lowest BCUT2D eigenvalue weighted by Crippen LogP contribution is -2.05. The molecule has 0 atom stereocenters. The number of ether oxygens (including phenoxy) is 1. The first-order chi connectivity index (χ1) is 10.1. The van der Waals surface area contributed by atoms with Crippen LogP contribution < -0.4 is 4.74 Å². The maximum atomic E-state index is 6.23. The van der Waals surface area contributed by atoms with Crippen LogP contribution in [-0.4, -0.2) is 0 Å². The monoisotopic (exact) mass is 284 g/mol. The van der Waals surface area contributed by atoms with Gasteiger partial charge >= 0.3 is 0 Å². The molecule has 0 amide bonds. The third kappa shape index (κ3) is 4.77. The summed E-state index contributed by atoms with van der Waals surface area (Å²) in [4.78, 5) is 0. The van der Waals surface area contributed by atoms with Crippen molar-refractivity contribution in [2.75, 3.05) is 0 Å².